The number of likely N-dealkylation sites (tertiary alicyclic amines) is 1. The van der Waals surface area contributed by atoms with Gasteiger partial charge < -0.3 is 26.8 Å². The highest BCUT2D eigenvalue weighted by Crippen LogP contribution is 2.47. The van der Waals surface area contributed by atoms with E-state index in [4.69, 9.17) is 11.5 Å². The van der Waals surface area contributed by atoms with E-state index < -0.39 is 29.2 Å². The van der Waals surface area contributed by atoms with E-state index >= 15 is 0 Å². The highest BCUT2D eigenvalue weighted by Gasteiger charge is 2.54. The minimum atomic E-state index is -1.51. The summed E-state index contributed by atoms with van der Waals surface area (Å²) in [4.78, 5) is 51.4. The largest absolute Gasteiger partial charge is 0.480 e. The van der Waals surface area contributed by atoms with Crippen LogP contribution in [0.2, 0.25) is 0 Å². The highest BCUT2D eigenvalue weighted by molar-refractivity contribution is 5.95. The molecule has 0 spiro atoms. The summed E-state index contributed by atoms with van der Waals surface area (Å²) in [6.45, 7) is 0.198. The molecule has 2 aliphatic carbocycles. The molecule has 38 heavy (non-hydrogen) atoms. The standard InChI is InChI=1S/C28H29N5O5/c29-13-20-11-19-12-23(19)33(20)24(34)14-32-8-7-28(27(37)38)21-5-3-17(25(30)35)9-15(21)1-2-16-10-18(26(31)36)4-6-22(16)28/h3-6,9-10,19-20,23,32H,1-2,7-8,11-12,14H2,(H2,30,35)(H2,31,36)(H,37,38)/t19-,20?,23+/m1/s1. The zero-order chi connectivity index (χ0) is 27.2. The molecule has 5 rings (SSSR count). The number of amides is 3. The van der Waals surface area contributed by atoms with E-state index in [1.165, 1.54) is 12.1 Å². The van der Waals surface area contributed by atoms with Crippen molar-refractivity contribution in [3.8, 4) is 6.07 Å². The Balaban J connectivity index is 1.46. The Hall–Kier alpha value is -4.23. The van der Waals surface area contributed by atoms with Crippen LogP contribution in [-0.4, -0.2) is 58.9 Å². The first-order valence-corrected chi connectivity index (χ1v) is 12.7. The Morgan fingerprint density at radius 2 is 1.58 bits per heavy atom. The van der Waals surface area contributed by atoms with E-state index in [-0.39, 0.29) is 42.6 Å². The number of hydrogen-bond acceptors (Lipinski definition) is 6. The van der Waals surface area contributed by atoms with Gasteiger partial charge in [-0.2, -0.15) is 5.26 Å². The Bertz CT molecular complexity index is 1330. The van der Waals surface area contributed by atoms with Crippen LogP contribution in [-0.2, 0) is 27.8 Å². The van der Waals surface area contributed by atoms with Gasteiger partial charge in [-0.1, -0.05) is 12.1 Å². The molecule has 0 bridgehead atoms. The number of carboxylic acid groups (broad SMARTS) is 1. The van der Waals surface area contributed by atoms with Crippen LogP contribution in [0.25, 0.3) is 0 Å². The number of aryl methyl sites for hydroxylation is 2. The number of carbonyl (C=O) groups is 4. The lowest BCUT2D eigenvalue weighted by Crippen LogP contribution is -2.45. The molecule has 196 valence electrons. The van der Waals surface area contributed by atoms with Crippen molar-refractivity contribution in [2.45, 2.75) is 49.6 Å². The van der Waals surface area contributed by atoms with Crippen LogP contribution in [0, 0.1) is 17.2 Å². The van der Waals surface area contributed by atoms with Gasteiger partial charge in [0, 0.05) is 17.2 Å². The molecule has 1 saturated heterocycles. The summed E-state index contributed by atoms with van der Waals surface area (Å²) in [5, 5.41) is 23.2. The summed E-state index contributed by atoms with van der Waals surface area (Å²) < 4.78 is 0. The van der Waals surface area contributed by atoms with Crippen LogP contribution < -0.4 is 16.8 Å². The number of aliphatic carboxylic acids is 1. The molecule has 2 fully saturated rings. The van der Waals surface area contributed by atoms with Crippen LogP contribution in [0.15, 0.2) is 36.4 Å². The molecule has 0 aromatic heterocycles. The molecule has 1 saturated carbocycles. The molecule has 3 aliphatic rings. The fourth-order valence-corrected chi connectivity index (χ4v) is 6.25. The normalized spacial score (nSPS) is 22.3. The number of nitriles is 1. The SMILES string of the molecule is N#CC1C[C@@H]2C[C@@H]2N1C(=O)CNCCC1(C(=O)O)c2ccc(C(N)=O)cc2CCc2cc(C(N)=O)ccc21. The van der Waals surface area contributed by atoms with Crippen molar-refractivity contribution < 1.29 is 24.3 Å². The predicted octanol–water partition coefficient (Wildman–Crippen LogP) is 0.846. The second-order valence-corrected chi connectivity index (χ2v) is 10.4. The summed E-state index contributed by atoms with van der Waals surface area (Å²) in [5.41, 5.74) is 12.5. The summed E-state index contributed by atoms with van der Waals surface area (Å²) in [5.74, 6) is -2.05. The third kappa shape index (κ3) is 4.19. The molecule has 10 nitrogen and oxygen atoms in total. The van der Waals surface area contributed by atoms with Gasteiger partial charge in [-0.15, -0.1) is 0 Å². The Labute approximate surface area is 219 Å². The maximum atomic E-state index is 13.1. The Morgan fingerprint density at radius 1 is 1.00 bits per heavy atom. The number of nitrogens with one attached hydrogen (secondary N) is 1. The quantitative estimate of drug-likeness (QED) is 0.376. The third-order valence-corrected chi connectivity index (χ3v) is 8.22. The maximum Gasteiger partial charge on any atom is 0.318 e. The van der Waals surface area contributed by atoms with Crippen molar-refractivity contribution in [1.29, 1.82) is 5.26 Å². The molecule has 6 N–H and O–H groups in total. The second-order valence-electron chi connectivity index (χ2n) is 10.4. The van der Waals surface area contributed by atoms with E-state index in [9.17, 15) is 29.5 Å². The predicted molar refractivity (Wildman–Crippen MR) is 136 cm³/mol. The number of fused-ring (bicyclic) bond motifs is 3. The molecule has 3 atom stereocenters. The van der Waals surface area contributed by atoms with Gasteiger partial charge in [0.05, 0.1) is 12.6 Å². The second kappa shape index (κ2) is 9.58. The minimum Gasteiger partial charge on any atom is -0.480 e. The first-order chi connectivity index (χ1) is 18.2. The highest BCUT2D eigenvalue weighted by atomic mass is 16.4. The van der Waals surface area contributed by atoms with Crippen molar-refractivity contribution in [3.63, 3.8) is 0 Å². The van der Waals surface area contributed by atoms with Gasteiger partial charge in [0.2, 0.25) is 17.7 Å². The summed E-state index contributed by atoms with van der Waals surface area (Å²) in [6, 6.07) is 11.5. The van der Waals surface area contributed by atoms with Gasteiger partial charge in [-0.05, 0) is 91.1 Å². The molecular weight excluding hydrogens is 486 g/mol. The molecule has 3 amide bonds. The third-order valence-electron chi connectivity index (χ3n) is 8.22. The zero-order valence-corrected chi connectivity index (χ0v) is 20.8. The summed E-state index contributed by atoms with van der Waals surface area (Å²) in [6.07, 6.45) is 2.64. The van der Waals surface area contributed by atoms with E-state index in [1.54, 1.807) is 29.2 Å². The first-order valence-electron chi connectivity index (χ1n) is 12.7. The molecule has 1 aliphatic heterocycles. The van der Waals surface area contributed by atoms with E-state index in [1.807, 2.05) is 0 Å². The van der Waals surface area contributed by atoms with Crippen LogP contribution in [0.4, 0.5) is 0 Å². The van der Waals surface area contributed by atoms with Crippen LogP contribution in [0.5, 0.6) is 0 Å². The van der Waals surface area contributed by atoms with Gasteiger partial charge >= 0.3 is 5.97 Å². The Morgan fingerprint density at radius 3 is 2.08 bits per heavy atom. The van der Waals surface area contributed by atoms with Gasteiger partial charge in [0.25, 0.3) is 0 Å². The Kier molecular flexibility index (Phi) is 6.41. The van der Waals surface area contributed by atoms with E-state index in [0.29, 0.717) is 47.4 Å². The number of carbonyl (C=O) groups excluding carboxylic acids is 3. The molecule has 10 heteroatoms. The van der Waals surface area contributed by atoms with Gasteiger partial charge in [-0.25, -0.2) is 0 Å². The number of nitrogens with zero attached hydrogens (tertiary/aromatic N) is 2. The number of rotatable bonds is 8. The van der Waals surface area contributed by atoms with Crippen LogP contribution >= 0.6 is 0 Å². The number of piperidine rings is 1. The van der Waals surface area contributed by atoms with E-state index in [0.717, 1.165) is 6.42 Å². The maximum absolute atomic E-state index is 13.1. The molecular formula is C28H29N5O5. The van der Waals surface area contributed by atoms with Crippen molar-refractivity contribution in [2.24, 2.45) is 17.4 Å². The molecule has 1 heterocycles. The van der Waals surface area contributed by atoms with Crippen molar-refractivity contribution in [3.05, 3.63) is 69.8 Å². The fourth-order valence-electron chi connectivity index (χ4n) is 6.25. The average Bonchev–Trinajstić information content (AvgIpc) is 3.58. The summed E-state index contributed by atoms with van der Waals surface area (Å²) >= 11 is 0. The van der Waals surface area contributed by atoms with Crippen molar-refractivity contribution in [2.75, 3.05) is 13.1 Å². The number of carboxylic acids is 1. The lowest BCUT2D eigenvalue weighted by Gasteiger charge is -2.33. The zero-order valence-electron chi connectivity index (χ0n) is 20.8. The first kappa shape index (κ1) is 25.4. The smallest absolute Gasteiger partial charge is 0.318 e. The molecule has 1 unspecified atom stereocenters. The van der Waals surface area contributed by atoms with Crippen LogP contribution in [0.1, 0.15) is 62.2 Å². The number of primary amides is 2. The molecule has 2 aromatic carbocycles. The lowest BCUT2D eigenvalue weighted by molar-refractivity contribution is -0.142. The molecule has 2 aromatic rings. The van der Waals surface area contributed by atoms with Crippen molar-refractivity contribution in [1.82, 2.24) is 10.2 Å². The van der Waals surface area contributed by atoms with Gasteiger partial charge in [0.1, 0.15) is 11.5 Å². The average molecular weight is 516 g/mol. The monoisotopic (exact) mass is 515 g/mol. The number of benzene rings is 2. The topological polar surface area (TPSA) is 180 Å². The number of hydrogen-bond donors (Lipinski definition) is 4. The van der Waals surface area contributed by atoms with E-state index in [2.05, 4.69) is 11.4 Å². The number of nitrogens with two attached hydrogens (primary N) is 2. The molecule has 0 radical (unpaired) electrons. The fraction of sp³-hybridized carbons (Fsp3) is 0.393. The minimum absolute atomic E-state index is 0.00194. The lowest BCUT2D eigenvalue weighted by atomic mass is 9.69. The van der Waals surface area contributed by atoms with Crippen LogP contribution in [0.3, 0.4) is 0 Å². The van der Waals surface area contributed by atoms with Gasteiger partial charge in [0.15, 0.2) is 0 Å². The van der Waals surface area contributed by atoms with Crippen molar-refractivity contribution >= 4 is 23.7 Å². The van der Waals surface area contributed by atoms with Gasteiger partial charge in [-0.3, -0.25) is 19.2 Å². The summed E-state index contributed by atoms with van der Waals surface area (Å²) in [7, 11) is 0.